The number of aryl methyl sites for hydroxylation is 1. The number of hydrogen-bond donors (Lipinski definition) is 1. The van der Waals surface area contributed by atoms with E-state index in [1.807, 2.05) is 30.5 Å². The molecule has 0 saturated carbocycles. The number of rotatable bonds is 8. The molecule has 8 nitrogen and oxygen atoms in total. The second kappa shape index (κ2) is 8.83. The number of aromatic nitrogens is 4. The molecule has 1 aliphatic rings. The Balaban J connectivity index is 1.36. The van der Waals surface area contributed by atoms with Gasteiger partial charge < -0.3 is 10.1 Å². The minimum Gasteiger partial charge on any atom is -0.377 e. The number of ether oxygens (including phenoxy) is 1. The van der Waals surface area contributed by atoms with Crippen LogP contribution in [0, 0.1) is 6.07 Å². The van der Waals surface area contributed by atoms with E-state index in [1.165, 1.54) is 6.07 Å². The Morgan fingerprint density at radius 1 is 1.34 bits per heavy atom. The van der Waals surface area contributed by atoms with Gasteiger partial charge in [-0.25, -0.2) is 4.68 Å². The average molecular weight is 392 g/mol. The Kier molecular flexibility index (Phi) is 5.81. The van der Waals surface area contributed by atoms with E-state index in [4.69, 9.17) is 4.74 Å². The summed E-state index contributed by atoms with van der Waals surface area (Å²) < 4.78 is 8.47. The van der Waals surface area contributed by atoms with Crippen LogP contribution in [0.1, 0.15) is 24.1 Å². The van der Waals surface area contributed by atoms with Gasteiger partial charge >= 0.3 is 0 Å². The Morgan fingerprint density at radius 3 is 3.00 bits per heavy atom. The SMILES string of the molecule is O=C(CCCn1cc(-n2ccc(=O)c(Cc3c[c]ccc3)n2)cn1)NC1COC1. The Hall–Kier alpha value is -3.26. The molecule has 1 saturated heterocycles. The first-order chi connectivity index (χ1) is 14.2. The van der Waals surface area contributed by atoms with Crippen LogP contribution in [-0.4, -0.2) is 44.7 Å². The minimum atomic E-state index is -0.0969. The summed E-state index contributed by atoms with van der Waals surface area (Å²) in [7, 11) is 0. The number of hydrogen-bond acceptors (Lipinski definition) is 5. The quantitative estimate of drug-likeness (QED) is 0.620. The molecule has 1 fully saturated rings. The van der Waals surface area contributed by atoms with E-state index in [-0.39, 0.29) is 17.4 Å². The second-order valence-corrected chi connectivity index (χ2v) is 7.03. The highest BCUT2D eigenvalue weighted by Crippen LogP contribution is 2.08. The molecule has 1 N–H and O–H groups in total. The van der Waals surface area contributed by atoms with Crippen LogP contribution in [0.15, 0.2) is 53.7 Å². The van der Waals surface area contributed by atoms with Gasteiger partial charge in [0.2, 0.25) is 11.3 Å². The summed E-state index contributed by atoms with van der Waals surface area (Å²) in [5, 5.41) is 11.7. The third kappa shape index (κ3) is 4.97. The highest BCUT2D eigenvalue weighted by molar-refractivity contribution is 5.76. The van der Waals surface area contributed by atoms with Crippen molar-refractivity contribution in [1.82, 2.24) is 24.9 Å². The maximum atomic E-state index is 12.2. The fourth-order valence-corrected chi connectivity index (χ4v) is 3.06. The van der Waals surface area contributed by atoms with Gasteiger partial charge in [-0.15, -0.1) is 0 Å². The zero-order valence-electron chi connectivity index (χ0n) is 16.0. The molecule has 3 heterocycles. The van der Waals surface area contributed by atoms with Crippen molar-refractivity contribution >= 4 is 5.91 Å². The minimum absolute atomic E-state index is 0.0376. The van der Waals surface area contributed by atoms with Crippen LogP contribution in [0.4, 0.5) is 0 Å². The van der Waals surface area contributed by atoms with Gasteiger partial charge in [0.1, 0.15) is 11.4 Å². The van der Waals surface area contributed by atoms with Crippen molar-refractivity contribution in [2.75, 3.05) is 13.2 Å². The van der Waals surface area contributed by atoms with Gasteiger partial charge in [-0.1, -0.05) is 24.3 Å². The van der Waals surface area contributed by atoms with Crippen molar-refractivity contribution < 1.29 is 9.53 Å². The fourth-order valence-electron chi connectivity index (χ4n) is 3.06. The first-order valence-corrected chi connectivity index (χ1v) is 9.61. The average Bonchev–Trinajstić information content (AvgIpc) is 3.16. The van der Waals surface area contributed by atoms with Gasteiger partial charge in [0, 0.05) is 31.6 Å². The molecule has 2 aromatic heterocycles. The van der Waals surface area contributed by atoms with Gasteiger partial charge in [-0.2, -0.15) is 10.2 Å². The standard InChI is InChI=1S/C21H22N5O3/c27-20-8-10-26(24-19(20)11-16-5-2-1-3-6-16)18-12-22-25(13-18)9-4-7-21(28)23-17-14-29-15-17/h1-2,5-6,8,10,12-13,17H,4,7,9,11,14-15H2,(H,23,28). The molecule has 0 spiro atoms. The Morgan fingerprint density at radius 2 is 2.24 bits per heavy atom. The number of nitrogens with zero attached hydrogens (tertiary/aromatic N) is 4. The predicted molar refractivity (Wildman–Crippen MR) is 106 cm³/mol. The van der Waals surface area contributed by atoms with E-state index >= 15 is 0 Å². The monoisotopic (exact) mass is 392 g/mol. The number of nitrogens with one attached hydrogen (secondary N) is 1. The van der Waals surface area contributed by atoms with Crippen molar-refractivity contribution in [2.24, 2.45) is 0 Å². The lowest BCUT2D eigenvalue weighted by Gasteiger charge is -2.26. The molecule has 149 valence electrons. The zero-order chi connectivity index (χ0) is 20.1. The molecule has 1 amide bonds. The van der Waals surface area contributed by atoms with E-state index < -0.39 is 0 Å². The van der Waals surface area contributed by atoms with Crippen LogP contribution >= 0.6 is 0 Å². The van der Waals surface area contributed by atoms with Crippen LogP contribution in [0.5, 0.6) is 0 Å². The summed E-state index contributed by atoms with van der Waals surface area (Å²) in [6.45, 7) is 1.83. The van der Waals surface area contributed by atoms with Crippen LogP contribution in [0.25, 0.3) is 5.69 Å². The highest BCUT2D eigenvalue weighted by atomic mass is 16.5. The molecule has 0 unspecified atom stereocenters. The van der Waals surface area contributed by atoms with Crippen molar-refractivity contribution in [1.29, 1.82) is 0 Å². The molecule has 0 atom stereocenters. The summed E-state index contributed by atoms with van der Waals surface area (Å²) >= 11 is 0. The maximum absolute atomic E-state index is 12.2. The van der Waals surface area contributed by atoms with E-state index in [0.717, 1.165) is 11.3 Å². The lowest BCUT2D eigenvalue weighted by Crippen LogP contribution is -2.48. The normalized spacial score (nSPS) is 13.8. The molecule has 3 aromatic rings. The third-order valence-corrected chi connectivity index (χ3v) is 4.70. The lowest BCUT2D eigenvalue weighted by molar-refractivity contribution is -0.125. The zero-order valence-corrected chi connectivity index (χ0v) is 16.0. The molecule has 0 bridgehead atoms. The van der Waals surface area contributed by atoms with Gasteiger partial charge in [-0.05, 0) is 18.1 Å². The van der Waals surface area contributed by atoms with Crippen LogP contribution in [0.2, 0.25) is 0 Å². The highest BCUT2D eigenvalue weighted by Gasteiger charge is 2.19. The van der Waals surface area contributed by atoms with Crippen molar-refractivity contribution in [3.05, 3.63) is 76.5 Å². The summed E-state index contributed by atoms with van der Waals surface area (Å²) in [4.78, 5) is 24.0. The van der Waals surface area contributed by atoms with Crippen LogP contribution < -0.4 is 10.7 Å². The number of carbonyl (C=O) groups excluding carboxylic acids is 1. The van der Waals surface area contributed by atoms with Crippen LogP contribution in [-0.2, 0) is 22.5 Å². The van der Waals surface area contributed by atoms with E-state index in [0.29, 0.717) is 44.7 Å². The summed E-state index contributed by atoms with van der Waals surface area (Å²) in [6.07, 6.45) is 6.78. The Bertz CT molecular complexity index is 1020. The maximum Gasteiger partial charge on any atom is 0.220 e. The van der Waals surface area contributed by atoms with Gasteiger partial charge in [0.05, 0.1) is 31.6 Å². The summed E-state index contributed by atoms with van der Waals surface area (Å²) in [5.41, 5.74) is 2.12. The summed E-state index contributed by atoms with van der Waals surface area (Å²) in [6, 6.07) is 12.2. The van der Waals surface area contributed by atoms with Gasteiger partial charge in [0.25, 0.3) is 0 Å². The molecule has 4 rings (SSSR count). The van der Waals surface area contributed by atoms with Gasteiger partial charge in [0.15, 0.2) is 0 Å². The number of amides is 1. The molecule has 0 aliphatic carbocycles. The predicted octanol–water partition coefficient (Wildman–Crippen LogP) is 1.12. The van der Waals surface area contributed by atoms with E-state index in [1.54, 1.807) is 21.8 Å². The molecule has 8 heteroatoms. The van der Waals surface area contributed by atoms with Crippen LogP contribution in [0.3, 0.4) is 0 Å². The van der Waals surface area contributed by atoms with E-state index in [9.17, 15) is 9.59 Å². The van der Waals surface area contributed by atoms with Crippen molar-refractivity contribution in [3.8, 4) is 5.69 Å². The molecule has 1 radical (unpaired) electrons. The molecular formula is C21H22N5O3. The molecular weight excluding hydrogens is 370 g/mol. The largest absolute Gasteiger partial charge is 0.377 e. The number of carbonyl (C=O) groups is 1. The lowest BCUT2D eigenvalue weighted by atomic mass is 10.1. The summed E-state index contributed by atoms with van der Waals surface area (Å²) in [5.74, 6) is 0.0376. The van der Waals surface area contributed by atoms with Gasteiger partial charge in [-0.3, -0.25) is 14.3 Å². The topological polar surface area (TPSA) is 91.0 Å². The fraction of sp³-hybridized carbons (Fsp3) is 0.333. The first kappa shape index (κ1) is 19.1. The number of benzene rings is 1. The molecule has 1 aromatic carbocycles. The third-order valence-electron chi connectivity index (χ3n) is 4.70. The first-order valence-electron chi connectivity index (χ1n) is 9.61. The molecule has 29 heavy (non-hydrogen) atoms. The Labute approximate surface area is 168 Å². The second-order valence-electron chi connectivity index (χ2n) is 7.03. The van der Waals surface area contributed by atoms with Crippen molar-refractivity contribution in [2.45, 2.75) is 31.8 Å². The van der Waals surface area contributed by atoms with Crippen molar-refractivity contribution in [3.63, 3.8) is 0 Å². The van der Waals surface area contributed by atoms with E-state index in [2.05, 4.69) is 21.6 Å². The molecule has 1 aliphatic heterocycles. The smallest absolute Gasteiger partial charge is 0.220 e.